The minimum absolute atomic E-state index is 0.394. The SMILES string of the molecule is C=NCCc1ccc(CN2CCC3(CCN(c4ncnc5sc(CSC)cc45)C3)C2)cc1. The first-order valence-corrected chi connectivity index (χ1v) is 13.6. The first kappa shape index (κ1) is 21.9. The highest BCUT2D eigenvalue weighted by Crippen LogP contribution is 2.43. The maximum absolute atomic E-state index is 4.72. The van der Waals surface area contributed by atoms with Gasteiger partial charge < -0.3 is 9.89 Å². The van der Waals surface area contributed by atoms with Gasteiger partial charge in [0.2, 0.25) is 0 Å². The number of nitrogens with zero attached hydrogens (tertiary/aromatic N) is 5. The molecule has 1 spiro atoms. The van der Waals surface area contributed by atoms with Crippen LogP contribution in [0.3, 0.4) is 0 Å². The van der Waals surface area contributed by atoms with Crippen molar-refractivity contribution in [3.05, 3.63) is 52.7 Å². The Bertz CT molecular complexity index is 1080. The van der Waals surface area contributed by atoms with E-state index in [0.717, 1.165) is 49.0 Å². The molecule has 5 rings (SSSR count). The zero-order chi connectivity index (χ0) is 22.0. The van der Waals surface area contributed by atoms with Crippen molar-refractivity contribution in [2.24, 2.45) is 10.4 Å². The minimum Gasteiger partial charge on any atom is -0.355 e. The van der Waals surface area contributed by atoms with Crippen molar-refractivity contribution in [1.29, 1.82) is 0 Å². The maximum Gasteiger partial charge on any atom is 0.140 e. The molecule has 1 atom stereocenters. The number of likely N-dealkylation sites (tertiary alicyclic amines) is 1. The number of rotatable bonds is 8. The van der Waals surface area contributed by atoms with Crippen molar-refractivity contribution >= 4 is 45.9 Å². The summed E-state index contributed by atoms with van der Waals surface area (Å²) in [6.45, 7) is 9.99. The van der Waals surface area contributed by atoms with Crippen LogP contribution >= 0.6 is 23.1 Å². The van der Waals surface area contributed by atoms with Gasteiger partial charge in [0.1, 0.15) is 17.0 Å². The Morgan fingerprint density at radius 1 is 1.12 bits per heavy atom. The van der Waals surface area contributed by atoms with Crippen molar-refractivity contribution in [1.82, 2.24) is 14.9 Å². The van der Waals surface area contributed by atoms with Gasteiger partial charge in [-0.3, -0.25) is 4.90 Å². The van der Waals surface area contributed by atoms with Crippen molar-refractivity contribution < 1.29 is 0 Å². The molecule has 2 aliphatic rings. The normalized spacial score (nSPS) is 21.2. The molecule has 0 N–H and O–H groups in total. The van der Waals surface area contributed by atoms with Crippen LogP contribution in [-0.4, -0.2) is 60.6 Å². The Morgan fingerprint density at radius 2 is 1.94 bits per heavy atom. The van der Waals surface area contributed by atoms with Gasteiger partial charge in [-0.25, -0.2) is 9.97 Å². The minimum atomic E-state index is 0.394. The van der Waals surface area contributed by atoms with Gasteiger partial charge in [0.05, 0.1) is 5.39 Å². The number of aromatic nitrogens is 2. The van der Waals surface area contributed by atoms with Gasteiger partial charge >= 0.3 is 0 Å². The molecule has 1 aromatic carbocycles. The number of thioether (sulfide) groups is 1. The van der Waals surface area contributed by atoms with E-state index in [2.05, 4.69) is 63.1 Å². The summed E-state index contributed by atoms with van der Waals surface area (Å²) in [6.07, 6.45) is 7.41. The van der Waals surface area contributed by atoms with Crippen molar-refractivity contribution in [2.45, 2.75) is 31.6 Å². The molecule has 32 heavy (non-hydrogen) atoms. The number of hydrogen-bond acceptors (Lipinski definition) is 7. The average Bonchev–Trinajstić information content (AvgIpc) is 3.52. The highest BCUT2D eigenvalue weighted by Gasteiger charge is 2.44. The van der Waals surface area contributed by atoms with Crippen LogP contribution in [0.1, 0.15) is 28.8 Å². The summed E-state index contributed by atoms with van der Waals surface area (Å²) < 4.78 is 0. The summed E-state index contributed by atoms with van der Waals surface area (Å²) in [5, 5.41) is 1.24. The summed E-state index contributed by atoms with van der Waals surface area (Å²) in [4.78, 5) is 20.9. The third-order valence-corrected chi connectivity index (χ3v) is 8.71. The third-order valence-electron chi connectivity index (χ3n) is 6.89. The summed E-state index contributed by atoms with van der Waals surface area (Å²) in [5.41, 5.74) is 3.14. The first-order chi connectivity index (χ1) is 15.7. The van der Waals surface area contributed by atoms with E-state index in [4.69, 9.17) is 4.98 Å². The molecule has 168 valence electrons. The Hall–Kier alpha value is -1.96. The van der Waals surface area contributed by atoms with Crippen molar-refractivity contribution in [3.63, 3.8) is 0 Å². The van der Waals surface area contributed by atoms with E-state index in [1.165, 1.54) is 47.3 Å². The fourth-order valence-corrected chi connectivity index (χ4v) is 6.99. The van der Waals surface area contributed by atoms with Crippen LogP contribution in [0.25, 0.3) is 10.2 Å². The lowest BCUT2D eigenvalue weighted by atomic mass is 9.86. The molecule has 0 amide bonds. The van der Waals surface area contributed by atoms with Crippen LogP contribution < -0.4 is 4.90 Å². The zero-order valence-electron chi connectivity index (χ0n) is 18.8. The smallest absolute Gasteiger partial charge is 0.140 e. The molecular weight excluding hydrogens is 434 g/mol. The second-order valence-electron chi connectivity index (χ2n) is 9.21. The second-order valence-corrected chi connectivity index (χ2v) is 11.2. The Kier molecular flexibility index (Phi) is 6.49. The van der Waals surface area contributed by atoms with Crippen LogP contribution in [-0.2, 0) is 18.7 Å². The predicted molar refractivity (Wildman–Crippen MR) is 138 cm³/mol. The molecule has 0 radical (unpaired) electrons. The standard InChI is InChI=1S/C25H31N5S2/c1-26-10-7-19-3-5-20(6-4-19)14-29-11-8-25(16-29)9-12-30(17-25)23-22-13-21(15-31-2)32-24(22)28-18-27-23/h3-6,13,18H,1,7-12,14-17H2,2H3. The molecule has 4 heterocycles. The highest BCUT2D eigenvalue weighted by atomic mass is 32.2. The maximum atomic E-state index is 4.72. The molecule has 3 aromatic rings. The van der Waals surface area contributed by atoms with Gasteiger partial charge in [-0.05, 0) is 56.0 Å². The topological polar surface area (TPSA) is 44.6 Å². The van der Waals surface area contributed by atoms with Gasteiger partial charge in [0, 0.05) is 48.8 Å². The second kappa shape index (κ2) is 9.49. The molecule has 2 aromatic heterocycles. The Morgan fingerprint density at radius 3 is 2.75 bits per heavy atom. The van der Waals surface area contributed by atoms with Crippen molar-refractivity contribution in [2.75, 3.05) is 43.9 Å². The van der Waals surface area contributed by atoms with Gasteiger partial charge in [-0.2, -0.15) is 11.8 Å². The molecule has 0 aliphatic carbocycles. The van der Waals surface area contributed by atoms with Gasteiger partial charge in [-0.15, -0.1) is 11.3 Å². The average molecular weight is 466 g/mol. The van der Waals surface area contributed by atoms with Gasteiger partial charge in [0.25, 0.3) is 0 Å². The van der Waals surface area contributed by atoms with Gasteiger partial charge in [0.15, 0.2) is 0 Å². The van der Waals surface area contributed by atoms with Crippen LogP contribution in [0.4, 0.5) is 5.82 Å². The fourth-order valence-electron chi connectivity index (χ4n) is 5.25. The van der Waals surface area contributed by atoms with E-state index in [0.29, 0.717) is 5.41 Å². The number of anilines is 1. The van der Waals surface area contributed by atoms with E-state index in [1.807, 2.05) is 23.1 Å². The number of aliphatic imine (C=N–C) groups is 1. The summed E-state index contributed by atoms with van der Waals surface area (Å²) >= 11 is 3.67. The monoisotopic (exact) mass is 465 g/mol. The Labute approximate surface area is 199 Å². The predicted octanol–water partition coefficient (Wildman–Crippen LogP) is 4.90. The number of benzene rings is 1. The van der Waals surface area contributed by atoms with Crippen LogP contribution in [0.5, 0.6) is 0 Å². The van der Waals surface area contributed by atoms with E-state index < -0.39 is 0 Å². The van der Waals surface area contributed by atoms with Crippen LogP contribution in [0.2, 0.25) is 0 Å². The van der Waals surface area contributed by atoms with Crippen molar-refractivity contribution in [3.8, 4) is 0 Å². The Balaban J connectivity index is 1.24. The van der Waals surface area contributed by atoms with Gasteiger partial charge in [-0.1, -0.05) is 24.3 Å². The lowest BCUT2D eigenvalue weighted by Crippen LogP contribution is -2.31. The lowest BCUT2D eigenvalue weighted by molar-refractivity contribution is 0.270. The molecule has 2 fully saturated rings. The van der Waals surface area contributed by atoms with Crippen LogP contribution in [0, 0.1) is 5.41 Å². The van der Waals surface area contributed by atoms with E-state index in [9.17, 15) is 0 Å². The quantitative estimate of drug-likeness (QED) is 0.443. The molecule has 7 heteroatoms. The molecule has 5 nitrogen and oxygen atoms in total. The molecule has 2 aliphatic heterocycles. The first-order valence-electron chi connectivity index (χ1n) is 11.4. The summed E-state index contributed by atoms with van der Waals surface area (Å²) in [7, 11) is 0. The fraction of sp³-hybridized carbons (Fsp3) is 0.480. The lowest BCUT2D eigenvalue weighted by Gasteiger charge is -2.25. The third kappa shape index (κ3) is 4.56. The van der Waals surface area contributed by atoms with Crippen LogP contribution in [0.15, 0.2) is 41.7 Å². The highest BCUT2D eigenvalue weighted by molar-refractivity contribution is 7.97. The molecule has 0 bridgehead atoms. The largest absolute Gasteiger partial charge is 0.355 e. The van der Waals surface area contributed by atoms with E-state index >= 15 is 0 Å². The number of thiophene rings is 1. The molecular formula is C25H31N5S2. The zero-order valence-corrected chi connectivity index (χ0v) is 20.4. The summed E-state index contributed by atoms with van der Waals surface area (Å²) in [5.74, 6) is 2.18. The number of hydrogen-bond donors (Lipinski definition) is 0. The number of fused-ring (bicyclic) bond motifs is 1. The molecule has 1 unspecified atom stereocenters. The molecule has 0 saturated carbocycles. The van der Waals surface area contributed by atoms with E-state index in [-0.39, 0.29) is 0 Å². The molecule has 2 saturated heterocycles. The van der Waals surface area contributed by atoms with E-state index in [1.54, 1.807) is 6.33 Å². The summed E-state index contributed by atoms with van der Waals surface area (Å²) in [6, 6.07) is 11.4.